The zero-order valence-electron chi connectivity index (χ0n) is 20.1. The van der Waals surface area contributed by atoms with Crippen LogP contribution in [-0.4, -0.2) is 60.1 Å². The highest BCUT2D eigenvalue weighted by molar-refractivity contribution is 6.05. The van der Waals surface area contributed by atoms with Gasteiger partial charge in [-0.25, -0.2) is 4.39 Å². The summed E-state index contributed by atoms with van der Waals surface area (Å²) in [6.45, 7) is 6.22. The van der Waals surface area contributed by atoms with Gasteiger partial charge < -0.3 is 14.9 Å². The highest BCUT2D eigenvalue weighted by Gasteiger charge is 2.34. The average molecular weight is 462 g/mol. The molecule has 0 aromatic heterocycles. The Morgan fingerprint density at radius 1 is 0.971 bits per heavy atom. The maximum atomic E-state index is 13.7. The Balaban J connectivity index is 1.73. The van der Waals surface area contributed by atoms with Crippen molar-refractivity contribution in [3.8, 4) is 5.75 Å². The predicted octanol–water partition coefficient (Wildman–Crippen LogP) is 4.92. The van der Waals surface area contributed by atoms with E-state index in [2.05, 4.69) is 30.7 Å². The summed E-state index contributed by atoms with van der Waals surface area (Å²) in [6, 6.07) is 21.5. The summed E-state index contributed by atoms with van der Waals surface area (Å²) < 4.78 is 13.7. The standard InChI is InChI=1S/C28H32FN3O2/c1-19-18-32(20(2)17-30(19)3)27(22-9-6-13-26(33)15-22)21-8-5-10-23(14-21)28(34)31(4)25-12-7-11-24(29)16-25/h5-16,19-20,27,33H,17-18H2,1-4H3/t19-,20+,27-/m1/s1. The maximum Gasteiger partial charge on any atom is 0.258 e. The second kappa shape index (κ2) is 9.95. The molecule has 3 aromatic carbocycles. The number of hydrogen-bond acceptors (Lipinski definition) is 4. The van der Waals surface area contributed by atoms with Gasteiger partial charge in [0.1, 0.15) is 11.6 Å². The van der Waals surface area contributed by atoms with Gasteiger partial charge >= 0.3 is 0 Å². The number of piperazine rings is 1. The van der Waals surface area contributed by atoms with Crippen LogP contribution < -0.4 is 4.90 Å². The highest BCUT2D eigenvalue weighted by atomic mass is 19.1. The van der Waals surface area contributed by atoms with Gasteiger partial charge in [0.05, 0.1) is 6.04 Å². The van der Waals surface area contributed by atoms with Crippen LogP contribution in [0.4, 0.5) is 10.1 Å². The lowest BCUT2D eigenvalue weighted by molar-refractivity contribution is 0.0389. The molecule has 1 aliphatic heterocycles. The van der Waals surface area contributed by atoms with Gasteiger partial charge in [0, 0.05) is 43.5 Å². The number of amides is 1. The molecule has 1 saturated heterocycles. The molecule has 0 unspecified atom stereocenters. The van der Waals surface area contributed by atoms with Crippen LogP contribution in [0.15, 0.2) is 72.8 Å². The van der Waals surface area contributed by atoms with Gasteiger partial charge in [-0.1, -0.05) is 30.3 Å². The second-order valence-corrected chi connectivity index (χ2v) is 9.30. The number of phenols is 1. The number of carbonyl (C=O) groups is 1. The first kappa shape index (κ1) is 23.9. The van der Waals surface area contributed by atoms with E-state index in [-0.39, 0.29) is 29.6 Å². The van der Waals surface area contributed by atoms with Crippen molar-refractivity contribution in [3.63, 3.8) is 0 Å². The minimum atomic E-state index is -0.381. The first-order chi connectivity index (χ1) is 16.2. The normalized spacial score (nSPS) is 20.1. The van der Waals surface area contributed by atoms with Crippen LogP contribution in [0.2, 0.25) is 0 Å². The van der Waals surface area contributed by atoms with E-state index in [4.69, 9.17) is 0 Å². The first-order valence-electron chi connectivity index (χ1n) is 11.6. The number of hydrogen-bond donors (Lipinski definition) is 1. The number of nitrogens with zero attached hydrogens (tertiary/aromatic N) is 3. The summed E-state index contributed by atoms with van der Waals surface area (Å²) in [6.07, 6.45) is 0. The van der Waals surface area contributed by atoms with Crippen molar-refractivity contribution in [1.29, 1.82) is 0 Å². The molecule has 0 aliphatic carbocycles. The number of likely N-dealkylation sites (N-methyl/N-ethyl adjacent to an activating group) is 1. The quantitative estimate of drug-likeness (QED) is 0.586. The van der Waals surface area contributed by atoms with Crippen LogP contribution in [0.25, 0.3) is 0 Å². The van der Waals surface area contributed by atoms with Crippen LogP contribution in [0, 0.1) is 5.82 Å². The number of carbonyl (C=O) groups excluding carboxylic acids is 1. The Hall–Kier alpha value is -3.22. The molecule has 178 valence electrons. The van der Waals surface area contributed by atoms with E-state index in [0.717, 1.165) is 24.2 Å². The van der Waals surface area contributed by atoms with Gasteiger partial charge in [-0.3, -0.25) is 9.69 Å². The van der Waals surface area contributed by atoms with E-state index in [0.29, 0.717) is 17.3 Å². The lowest BCUT2D eigenvalue weighted by atomic mass is 9.92. The molecule has 1 amide bonds. The van der Waals surface area contributed by atoms with Gasteiger partial charge in [0.25, 0.3) is 5.91 Å². The predicted molar refractivity (Wildman–Crippen MR) is 134 cm³/mol. The molecule has 0 spiro atoms. The Morgan fingerprint density at radius 2 is 1.65 bits per heavy atom. The first-order valence-corrected chi connectivity index (χ1v) is 11.6. The zero-order valence-corrected chi connectivity index (χ0v) is 20.1. The molecule has 0 bridgehead atoms. The molecule has 1 heterocycles. The topological polar surface area (TPSA) is 47.0 Å². The van der Waals surface area contributed by atoms with E-state index in [1.165, 1.54) is 17.0 Å². The summed E-state index contributed by atoms with van der Waals surface area (Å²) in [7, 11) is 3.80. The van der Waals surface area contributed by atoms with Crippen molar-refractivity contribution in [3.05, 3.63) is 95.3 Å². The van der Waals surface area contributed by atoms with Crippen molar-refractivity contribution in [2.24, 2.45) is 0 Å². The molecule has 1 fully saturated rings. The van der Waals surface area contributed by atoms with E-state index in [1.54, 1.807) is 37.4 Å². The fraction of sp³-hybridized carbons (Fsp3) is 0.321. The van der Waals surface area contributed by atoms with E-state index in [9.17, 15) is 14.3 Å². The molecule has 0 radical (unpaired) electrons. The Kier molecular flexibility index (Phi) is 7.00. The molecular formula is C28H32FN3O2. The summed E-state index contributed by atoms with van der Waals surface area (Å²) in [4.78, 5) is 19.6. The number of halogens is 1. The van der Waals surface area contributed by atoms with Gasteiger partial charge in [-0.15, -0.1) is 0 Å². The third kappa shape index (κ3) is 4.98. The molecule has 34 heavy (non-hydrogen) atoms. The maximum absolute atomic E-state index is 13.7. The number of anilines is 1. The lowest BCUT2D eigenvalue weighted by Crippen LogP contribution is -2.55. The second-order valence-electron chi connectivity index (χ2n) is 9.30. The molecule has 3 atom stereocenters. The largest absolute Gasteiger partial charge is 0.508 e. The van der Waals surface area contributed by atoms with E-state index in [1.807, 2.05) is 30.3 Å². The van der Waals surface area contributed by atoms with Crippen molar-refractivity contribution < 1.29 is 14.3 Å². The lowest BCUT2D eigenvalue weighted by Gasteiger charge is -2.46. The minimum Gasteiger partial charge on any atom is -0.508 e. The van der Waals surface area contributed by atoms with Crippen molar-refractivity contribution in [1.82, 2.24) is 9.80 Å². The molecule has 0 saturated carbocycles. The van der Waals surface area contributed by atoms with Crippen molar-refractivity contribution >= 4 is 11.6 Å². The van der Waals surface area contributed by atoms with Gasteiger partial charge in [0.15, 0.2) is 0 Å². The molecular weight excluding hydrogens is 429 g/mol. The smallest absolute Gasteiger partial charge is 0.258 e. The molecule has 3 aromatic rings. The SMILES string of the molecule is C[C@@H]1CN([C@@H](c2cccc(O)c2)c2cccc(C(=O)N(C)c3cccc(F)c3)c2)[C@@H](C)CN1C. The summed E-state index contributed by atoms with van der Waals surface area (Å²) in [5, 5.41) is 10.2. The average Bonchev–Trinajstić information content (AvgIpc) is 2.82. The van der Waals surface area contributed by atoms with Crippen LogP contribution in [0.1, 0.15) is 41.4 Å². The summed E-state index contributed by atoms with van der Waals surface area (Å²) in [5.41, 5.74) is 2.99. The van der Waals surface area contributed by atoms with Crippen molar-refractivity contribution in [2.45, 2.75) is 32.0 Å². The fourth-order valence-electron chi connectivity index (χ4n) is 4.79. The monoisotopic (exact) mass is 461 g/mol. The highest BCUT2D eigenvalue weighted by Crippen LogP contribution is 2.35. The molecule has 5 nitrogen and oxygen atoms in total. The van der Waals surface area contributed by atoms with Crippen LogP contribution in [0.3, 0.4) is 0 Å². The van der Waals surface area contributed by atoms with Crippen molar-refractivity contribution in [2.75, 3.05) is 32.1 Å². The number of aromatic hydroxyl groups is 1. The zero-order chi connectivity index (χ0) is 24.4. The number of phenolic OH excluding ortho intramolecular Hbond substituents is 1. The van der Waals surface area contributed by atoms with Gasteiger partial charge in [-0.2, -0.15) is 0 Å². The summed E-state index contributed by atoms with van der Waals surface area (Å²) in [5.74, 6) is -0.370. The van der Waals surface area contributed by atoms with Crippen LogP contribution >= 0.6 is 0 Å². The third-order valence-electron chi connectivity index (χ3n) is 6.81. The van der Waals surface area contributed by atoms with Gasteiger partial charge in [-0.05, 0) is 74.5 Å². The minimum absolute atomic E-state index is 0.120. The Bertz CT molecular complexity index is 1170. The Morgan fingerprint density at radius 3 is 2.35 bits per heavy atom. The fourth-order valence-corrected chi connectivity index (χ4v) is 4.79. The number of benzene rings is 3. The molecule has 6 heteroatoms. The van der Waals surface area contributed by atoms with Crippen LogP contribution in [0.5, 0.6) is 5.75 Å². The van der Waals surface area contributed by atoms with E-state index < -0.39 is 0 Å². The number of rotatable bonds is 5. The van der Waals surface area contributed by atoms with Gasteiger partial charge in [0.2, 0.25) is 0 Å². The molecule has 1 N–H and O–H groups in total. The third-order valence-corrected chi connectivity index (χ3v) is 6.81. The van der Waals surface area contributed by atoms with Crippen LogP contribution in [-0.2, 0) is 0 Å². The summed E-state index contributed by atoms with van der Waals surface area (Å²) >= 11 is 0. The molecule has 1 aliphatic rings. The Labute approximate surface area is 201 Å². The van der Waals surface area contributed by atoms with E-state index >= 15 is 0 Å². The molecule has 4 rings (SSSR count).